The third-order valence-electron chi connectivity index (χ3n) is 6.55. The van der Waals surface area contributed by atoms with E-state index in [1.165, 1.54) is 77.0 Å². The Labute approximate surface area is 166 Å². The molecule has 1 nitrogen and oxygen atoms in total. The van der Waals surface area contributed by atoms with Crippen LogP contribution in [0.25, 0.3) is 0 Å². The van der Waals surface area contributed by atoms with Crippen molar-refractivity contribution in [2.45, 2.75) is 155 Å². The van der Waals surface area contributed by atoms with Crippen molar-refractivity contribution in [2.24, 2.45) is 0 Å². The Hall–Kier alpha value is 0.230. The van der Waals surface area contributed by atoms with E-state index in [2.05, 4.69) is 41.5 Å². The van der Waals surface area contributed by atoms with E-state index < -0.39 is 7.14 Å². The highest BCUT2D eigenvalue weighted by Gasteiger charge is 2.43. The quantitative estimate of drug-likeness (QED) is 0.169. The second-order valence-corrected chi connectivity index (χ2v) is 12.2. The molecular formula is C24H51OP. The van der Waals surface area contributed by atoms with E-state index in [4.69, 9.17) is 0 Å². The molecule has 0 aliphatic rings. The monoisotopic (exact) mass is 386 g/mol. The standard InChI is InChI=1S/C24H51OP/c1-7-13-16-19-22(10-4)26(25,23(11-5)20-17-14-8-2)24(12-6)21-18-15-9-3/h22-24H,7-21H2,1-6H3. The fourth-order valence-electron chi connectivity index (χ4n) is 4.86. The highest BCUT2D eigenvalue weighted by molar-refractivity contribution is 7.66. The molecule has 0 heterocycles. The first-order valence-corrected chi connectivity index (χ1v) is 14.1. The molecule has 0 amide bonds. The third-order valence-corrected chi connectivity index (χ3v) is 11.8. The normalized spacial score (nSPS) is 17.6. The molecule has 0 N–H and O–H groups in total. The van der Waals surface area contributed by atoms with Gasteiger partial charge in [-0.3, -0.25) is 0 Å². The van der Waals surface area contributed by atoms with Gasteiger partial charge < -0.3 is 4.57 Å². The van der Waals surface area contributed by atoms with Crippen LogP contribution in [-0.2, 0) is 4.57 Å². The predicted molar refractivity (Wildman–Crippen MR) is 122 cm³/mol. The molecule has 0 aromatic carbocycles. The van der Waals surface area contributed by atoms with Gasteiger partial charge >= 0.3 is 0 Å². The largest absolute Gasteiger partial charge is 0.323 e. The number of hydrogen-bond acceptors (Lipinski definition) is 1. The van der Waals surface area contributed by atoms with Crippen LogP contribution < -0.4 is 0 Å². The Balaban J connectivity index is 5.50. The van der Waals surface area contributed by atoms with Crippen molar-refractivity contribution in [3.05, 3.63) is 0 Å². The van der Waals surface area contributed by atoms with E-state index in [1.54, 1.807) is 0 Å². The van der Waals surface area contributed by atoms with Gasteiger partial charge in [0, 0.05) is 17.0 Å². The lowest BCUT2D eigenvalue weighted by Crippen LogP contribution is -2.27. The molecule has 0 aromatic heterocycles. The first kappa shape index (κ1) is 26.2. The number of hydrogen-bond donors (Lipinski definition) is 0. The summed E-state index contributed by atoms with van der Waals surface area (Å²) in [5.74, 6) is 0. The minimum atomic E-state index is -2.17. The zero-order chi connectivity index (χ0) is 19.8. The van der Waals surface area contributed by atoms with Crippen LogP contribution in [0.3, 0.4) is 0 Å². The van der Waals surface area contributed by atoms with Crippen LogP contribution in [0.1, 0.15) is 138 Å². The van der Waals surface area contributed by atoms with Gasteiger partial charge in [-0.1, -0.05) is 99.3 Å². The topological polar surface area (TPSA) is 17.1 Å². The highest BCUT2D eigenvalue weighted by Crippen LogP contribution is 2.65. The molecule has 0 saturated heterocycles. The van der Waals surface area contributed by atoms with Crippen LogP contribution in [0, 0.1) is 0 Å². The Bertz CT molecular complexity index is 300. The summed E-state index contributed by atoms with van der Waals surface area (Å²) >= 11 is 0. The third kappa shape index (κ3) is 8.50. The molecule has 0 aromatic rings. The summed E-state index contributed by atoms with van der Waals surface area (Å²) in [5, 5.41) is 0. The van der Waals surface area contributed by atoms with Crippen LogP contribution in [-0.4, -0.2) is 17.0 Å². The molecule has 26 heavy (non-hydrogen) atoms. The van der Waals surface area contributed by atoms with Crippen LogP contribution in [0.5, 0.6) is 0 Å². The molecule has 2 heteroatoms. The van der Waals surface area contributed by atoms with Gasteiger partial charge in [0.05, 0.1) is 7.14 Å². The maximum atomic E-state index is 14.8. The van der Waals surface area contributed by atoms with Crippen LogP contribution in [0.2, 0.25) is 0 Å². The van der Waals surface area contributed by atoms with Gasteiger partial charge in [-0.05, 0) is 38.5 Å². The zero-order valence-electron chi connectivity index (χ0n) is 19.2. The van der Waals surface area contributed by atoms with Crippen molar-refractivity contribution < 1.29 is 4.57 Å². The summed E-state index contributed by atoms with van der Waals surface area (Å²) < 4.78 is 14.8. The van der Waals surface area contributed by atoms with Crippen LogP contribution in [0.15, 0.2) is 0 Å². The van der Waals surface area contributed by atoms with Gasteiger partial charge in [-0.2, -0.15) is 0 Å². The summed E-state index contributed by atoms with van der Waals surface area (Å²) in [5.41, 5.74) is 1.44. The minimum Gasteiger partial charge on any atom is -0.323 e. The molecule has 0 rings (SSSR count). The average molecular weight is 387 g/mol. The number of rotatable bonds is 18. The molecule has 0 aliphatic heterocycles. The highest BCUT2D eigenvalue weighted by atomic mass is 31.2. The average Bonchev–Trinajstić information content (AvgIpc) is 2.65. The molecule has 0 radical (unpaired) electrons. The molecule has 3 unspecified atom stereocenters. The lowest BCUT2D eigenvalue weighted by Gasteiger charge is -2.40. The summed E-state index contributed by atoms with van der Waals surface area (Å²) in [6.45, 7) is 13.8. The van der Waals surface area contributed by atoms with Crippen molar-refractivity contribution >= 4 is 7.14 Å². The zero-order valence-corrected chi connectivity index (χ0v) is 20.1. The van der Waals surface area contributed by atoms with Crippen LogP contribution >= 0.6 is 7.14 Å². The summed E-state index contributed by atoms with van der Waals surface area (Å²) in [6.07, 6.45) is 18.5. The molecule has 0 spiro atoms. The summed E-state index contributed by atoms with van der Waals surface area (Å²) in [6, 6.07) is 0. The molecule has 3 atom stereocenters. The van der Waals surface area contributed by atoms with Crippen molar-refractivity contribution in [1.82, 2.24) is 0 Å². The van der Waals surface area contributed by atoms with Gasteiger partial charge in [-0.25, -0.2) is 0 Å². The summed E-state index contributed by atoms with van der Waals surface area (Å²) in [4.78, 5) is 0. The fourth-order valence-corrected chi connectivity index (χ4v) is 10.1. The van der Waals surface area contributed by atoms with E-state index in [0.717, 1.165) is 19.3 Å². The first-order chi connectivity index (χ1) is 12.6. The van der Waals surface area contributed by atoms with Crippen molar-refractivity contribution in [1.29, 1.82) is 0 Å². The van der Waals surface area contributed by atoms with Crippen molar-refractivity contribution in [3.8, 4) is 0 Å². The maximum Gasteiger partial charge on any atom is 0.0964 e. The Morgan fingerprint density at radius 2 is 0.769 bits per heavy atom. The van der Waals surface area contributed by atoms with Crippen molar-refractivity contribution in [2.75, 3.05) is 0 Å². The molecule has 158 valence electrons. The molecule has 0 saturated carbocycles. The van der Waals surface area contributed by atoms with Gasteiger partial charge in [0.15, 0.2) is 0 Å². The van der Waals surface area contributed by atoms with E-state index in [9.17, 15) is 4.57 Å². The van der Waals surface area contributed by atoms with Crippen molar-refractivity contribution in [3.63, 3.8) is 0 Å². The fraction of sp³-hybridized carbons (Fsp3) is 1.00. The molecule has 0 fully saturated rings. The lowest BCUT2D eigenvalue weighted by atomic mass is 10.1. The maximum absolute atomic E-state index is 14.8. The smallest absolute Gasteiger partial charge is 0.0964 e. The Morgan fingerprint density at radius 3 is 0.962 bits per heavy atom. The molecular weight excluding hydrogens is 335 g/mol. The van der Waals surface area contributed by atoms with Gasteiger partial charge in [0.25, 0.3) is 0 Å². The van der Waals surface area contributed by atoms with Crippen LogP contribution in [0.4, 0.5) is 0 Å². The SMILES string of the molecule is CCCCCC(CC)P(=O)(C(CC)CCCCC)C(CC)CCCCC. The van der Waals surface area contributed by atoms with E-state index in [0.29, 0.717) is 17.0 Å². The minimum absolute atomic E-state index is 0.479. The lowest BCUT2D eigenvalue weighted by molar-refractivity contribution is 0.490. The second-order valence-electron chi connectivity index (χ2n) is 8.44. The van der Waals surface area contributed by atoms with E-state index in [-0.39, 0.29) is 0 Å². The Morgan fingerprint density at radius 1 is 0.500 bits per heavy atom. The van der Waals surface area contributed by atoms with Gasteiger partial charge in [-0.15, -0.1) is 0 Å². The first-order valence-electron chi connectivity index (χ1n) is 12.1. The van der Waals surface area contributed by atoms with E-state index in [1.807, 2.05) is 0 Å². The Kier molecular flexibility index (Phi) is 16.4. The molecule has 0 bridgehead atoms. The second kappa shape index (κ2) is 16.2. The predicted octanol–water partition coefficient (Wildman–Crippen LogP) is 9.43. The summed E-state index contributed by atoms with van der Waals surface area (Å²) in [7, 11) is -2.17. The number of unbranched alkanes of at least 4 members (excludes halogenated alkanes) is 6. The van der Waals surface area contributed by atoms with Gasteiger partial charge in [0.1, 0.15) is 0 Å². The van der Waals surface area contributed by atoms with E-state index >= 15 is 0 Å². The van der Waals surface area contributed by atoms with Gasteiger partial charge in [0.2, 0.25) is 0 Å². The molecule has 0 aliphatic carbocycles.